The van der Waals surface area contributed by atoms with E-state index < -0.39 is 11.7 Å². The van der Waals surface area contributed by atoms with Gasteiger partial charge in [-0.25, -0.2) is 0 Å². The Morgan fingerprint density at radius 2 is 1.54 bits per heavy atom. The number of allylic oxidation sites excluding steroid dienone is 1. The van der Waals surface area contributed by atoms with E-state index in [0.29, 0.717) is 0 Å². The molecule has 2 rings (SSSR count). The molecule has 0 heterocycles. The van der Waals surface area contributed by atoms with E-state index in [2.05, 4.69) is 5.32 Å². The average Bonchev–Trinajstić information content (AvgIpc) is 2.54. The Labute approximate surface area is 155 Å². The first-order valence-corrected chi connectivity index (χ1v) is 8.17. The number of anilines is 1. The van der Waals surface area contributed by atoms with E-state index in [4.69, 9.17) is 34.8 Å². The van der Waals surface area contributed by atoms with Crippen molar-refractivity contribution in [3.8, 4) is 0 Å². The third-order valence-corrected chi connectivity index (χ3v) is 4.71. The second-order valence-electron chi connectivity index (χ2n) is 5.18. The zero-order valence-corrected chi connectivity index (χ0v) is 15.3. The molecule has 3 nitrogen and oxygen atoms in total. The number of ketones is 1. The molecular weight excluding hydrogens is 369 g/mol. The highest BCUT2D eigenvalue weighted by Gasteiger charge is 2.13. The summed E-state index contributed by atoms with van der Waals surface area (Å²) < 4.78 is 0. The Bertz CT molecular complexity index is 824. The minimum atomic E-state index is -0.435. The molecule has 0 aliphatic carbocycles. The minimum absolute atomic E-state index is 0.0639. The highest BCUT2D eigenvalue weighted by molar-refractivity contribution is 6.49. The van der Waals surface area contributed by atoms with E-state index in [-0.39, 0.29) is 20.6 Å². The third kappa shape index (κ3) is 4.18. The number of halogens is 3. The topological polar surface area (TPSA) is 46.2 Å². The predicted molar refractivity (Wildman–Crippen MR) is 99.5 cm³/mol. The summed E-state index contributed by atoms with van der Waals surface area (Å²) >= 11 is 17.7. The molecule has 0 aromatic heterocycles. The van der Waals surface area contributed by atoms with Crippen LogP contribution in [0.3, 0.4) is 0 Å². The number of rotatable bonds is 4. The summed E-state index contributed by atoms with van der Waals surface area (Å²) in [5.74, 6) is -0.841. The zero-order chi connectivity index (χ0) is 17.9. The Morgan fingerprint density at radius 1 is 0.917 bits per heavy atom. The van der Waals surface area contributed by atoms with Crippen LogP contribution in [0, 0.1) is 13.8 Å². The highest BCUT2D eigenvalue weighted by Crippen LogP contribution is 2.32. The molecule has 0 atom stereocenters. The number of carbonyl (C=O) groups is 2. The molecule has 0 bridgehead atoms. The fourth-order valence-electron chi connectivity index (χ4n) is 2.13. The Hall–Kier alpha value is -1.81. The van der Waals surface area contributed by atoms with Gasteiger partial charge >= 0.3 is 0 Å². The van der Waals surface area contributed by atoms with E-state index in [9.17, 15) is 9.59 Å². The van der Waals surface area contributed by atoms with E-state index in [1.165, 1.54) is 12.1 Å². The fraction of sp³-hybridized carbons (Fsp3) is 0.111. The first-order chi connectivity index (χ1) is 11.3. The summed E-state index contributed by atoms with van der Waals surface area (Å²) in [6.07, 6.45) is 2.31. The lowest BCUT2D eigenvalue weighted by Crippen LogP contribution is -2.11. The number of hydrogen-bond donors (Lipinski definition) is 1. The van der Waals surface area contributed by atoms with Gasteiger partial charge in [-0.15, -0.1) is 0 Å². The second-order valence-corrected chi connectivity index (χ2v) is 6.34. The van der Waals surface area contributed by atoms with Crippen molar-refractivity contribution in [2.45, 2.75) is 13.8 Å². The summed E-state index contributed by atoms with van der Waals surface area (Å²) in [6.45, 7) is 3.79. The van der Waals surface area contributed by atoms with Crippen LogP contribution in [0.2, 0.25) is 15.1 Å². The SMILES string of the molecule is Cc1cccc(C)c1NC(=O)C=CC(=O)c1ccc(Cl)c(Cl)c1Cl. The van der Waals surface area contributed by atoms with Gasteiger partial charge in [-0.1, -0.05) is 53.0 Å². The van der Waals surface area contributed by atoms with Crippen molar-refractivity contribution in [1.29, 1.82) is 0 Å². The minimum Gasteiger partial charge on any atom is -0.322 e. The molecule has 0 aliphatic rings. The van der Waals surface area contributed by atoms with Gasteiger partial charge in [0.05, 0.1) is 15.1 Å². The molecule has 0 saturated heterocycles. The maximum absolute atomic E-state index is 12.2. The second kappa shape index (κ2) is 7.84. The molecular formula is C18H14Cl3NO2. The van der Waals surface area contributed by atoms with Crippen LogP contribution < -0.4 is 5.32 Å². The van der Waals surface area contributed by atoms with Gasteiger partial charge in [-0.05, 0) is 43.2 Å². The Kier molecular flexibility index (Phi) is 6.05. The Morgan fingerprint density at radius 3 is 2.17 bits per heavy atom. The number of aryl methyl sites for hydroxylation is 2. The third-order valence-electron chi connectivity index (χ3n) is 3.42. The number of amides is 1. The lowest BCUT2D eigenvalue weighted by Gasteiger charge is -2.09. The molecule has 124 valence electrons. The van der Waals surface area contributed by atoms with Crippen LogP contribution in [0.5, 0.6) is 0 Å². The van der Waals surface area contributed by atoms with E-state index >= 15 is 0 Å². The molecule has 1 N–H and O–H groups in total. The summed E-state index contributed by atoms with van der Waals surface area (Å²) in [4.78, 5) is 24.2. The smallest absolute Gasteiger partial charge is 0.248 e. The molecule has 0 saturated carbocycles. The highest BCUT2D eigenvalue weighted by atomic mass is 35.5. The molecule has 0 fully saturated rings. The van der Waals surface area contributed by atoms with Gasteiger partial charge in [0.1, 0.15) is 0 Å². The van der Waals surface area contributed by atoms with Gasteiger partial charge in [0, 0.05) is 17.3 Å². The molecule has 24 heavy (non-hydrogen) atoms. The van der Waals surface area contributed by atoms with Crippen molar-refractivity contribution in [2.75, 3.05) is 5.32 Å². The maximum atomic E-state index is 12.2. The van der Waals surface area contributed by atoms with Crippen LogP contribution in [-0.4, -0.2) is 11.7 Å². The van der Waals surface area contributed by atoms with Gasteiger partial charge in [0.15, 0.2) is 5.78 Å². The van der Waals surface area contributed by atoms with Gasteiger partial charge in [-0.2, -0.15) is 0 Å². The Balaban J connectivity index is 2.15. The number of hydrogen-bond acceptors (Lipinski definition) is 2. The van der Waals surface area contributed by atoms with Gasteiger partial charge < -0.3 is 5.32 Å². The van der Waals surface area contributed by atoms with E-state index in [1.807, 2.05) is 32.0 Å². The van der Waals surface area contributed by atoms with Crippen molar-refractivity contribution in [3.05, 3.63) is 74.2 Å². The normalized spacial score (nSPS) is 10.9. The standard InChI is InChI=1S/C18H14Cl3NO2/c1-10-4-3-5-11(2)18(10)22-15(24)9-8-14(23)12-6-7-13(19)17(21)16(12)20/h3-9H,1-2H3,(H,22,24). The first kappa shape index (κ1) is 18.5. The predicted octanol–water partition coefficient (Wildman–Crippen LogP) is 5.64. The summed E-state index contributed by atoms with van der Waals surface area (Å²) in [7, 11) is 0. The van der Waals surface area contributed by atoms with Crippen molar-refractivity contribution in [3.63, 3.8) is 0 Å². The lowest BCUT2D eigenvalue weighted by molar-refractivity contribution is -0.111. The van der Waals surface area contributed by atoms with E-state index in [1.54, 1.807) is 0 Å². The van der Waals surface area contributed by atoms with Crippen molar-refractivity contribution < 1.29 is 9.59 Å². The monoisotopic (exact) mass is 381 g/mol. The van der Waals surface area contributed by atoms with Crippen LogP contribution >= 0.6 is 34.8 Å². The van der Waals surface area contributed by atoms with Crippen LogP contribution in [0.15, 0.2) is 42.5 Å². The van der Waals surface area contributed by atoms with Crippen molar-refractivity contribution >= 4 is 52.2 Å². The summed E-state index contributed by atoms with van der Waals surface area (Å²) in [5, 5.41) is 3.19. The van der Waals surface area contributed by atoms with Crippen LogP contribution in [0.25, 0.3) is 0 Å². The average molecular weight is 383 g/mol. The molecule has 1 amide bonds. The molecule has 0 radical (unpaired) electrons. The van der Waals surface area contributed by atoms with Gasteiger partial charge in [0.25, 0.3) is 0 Å². The molecule has 0 aliphatic heterocycles. The molecule has 2 aromatic carbocycles. The molecule has 6 heteroatoms. The number of nitrogens with one attached hydrogen (secondary N) is 1. The zero-order valence-electron chi connectivity index (χ0n) is 13.0. The van der Waals surface area contributed by atoms with E-state index in [0.717, 1.165) is 29.0 Å². The molecule has 2 aromatic rings. The fourth-order valence-corrected chi connectivity index (χ4v) is 2.76. The number of carbonyl (C=O) groups excluding carboxylic acids is 2. The molecule has 0 spiro atoms. The number of para-hydroxylation sites is 1. The van der Waals surface area contributed by atoms with Gasteiger partial charge in [-0.3, -0.25) is 9.59 Å². The van der Waals surface area contributed by atoms with Crippen molar-refractivity contribution in [1.82, 2.24) is 0 Å². The lowest BCUT2D eigenvalue weighted by atomic mass is 10.1. The molecule has 0 unspecified atom stereocenters. The largest absolute Gasteiger partial charge is 0.322 e. The summed E-state index contributed by atoms with van der Waals surface area (Å²) in [5.41, 5.74) is 2.79. The first-order valence-electron chi connectivity index (χ1n) is 7.04. The quantitative estimate of drug-likeness (QED) is 0.422. The van der Waals surface area contributed by atoms with Crippen molar-refractivity contribution in [2.24, 2.45) is 0 Å². The van der Waals surface area contributed by atoms with Gasteiger partial charge in [0.2, 0.25) is 5.91 Å². The van der Waals surface area contributed by atoms with Crippen LogP contribution in [0.4, 0.5) is 5.69 Å². The maximum Gasteiger partial charge on any atom is 0.248 e. The summed E-state index contributed by atoms with van der Waals surface area (Å²) in [6, 6.07) is 8.64. The van der Waals surface area contributed by atoms with Crippen LogP contribution in [-0.2, 0) is 4.79 Å². The number of benzene rings is 2. The van der Waals surface area contributed by atoms with Crippen LogP contribution in [0.1, 0.15) is 21.5 Å².